The Morgan fingerprint density at radius 1 is 1.46 bits per heavy atom. The molecule has 1 atom stereocenters. The van der Waals surface area contributed by atoms with Crippen molar-refractivity contribution >= 4 is 35.2 Å². The molecule has 2 rings (SSSR count). The molecule has 0 spiro atoms. The molecule has 1 heterocycles. The Balaban J connectivity index is 2.02. The van der Waals surface area contributed by atoms with E-state index < -0.39 is 12.0 Å². The van der Waals surface area contributed by atoms with Crippen molar-refractivity contribution in [3.05, 3.63) is 41.2 Å². The van der Waals surface area contributed by atoms with Gasteiger partial charge in [-0.05, 0) is 24.6 Å². The quantitative estimate of drug-likeness (QED) is 0.631. The topological polar surface area (TPSA) is 93.5 Å². The van der Waals surface area contributed by atoms with E-state index in [0.29, 0.717) is 10.2 Å². The van der Waals surface area contributed by atoms with Gasteiger partial charge < -0.3 is 15.2 Å². The van der Waals surface area contributed by atoms with Crippen LogP contribution in [0.2, 0.25) is 5.02 Å². The van der Waals surface area contributed by atoms with Crippen molar-refractivity contribution in [2.24, 2.45) is 0 Å². The van der Waals surface area contributed by atoms with Crippen LogP contribution in [0.4, 0.5) is 0 Å². The van der Waals surface area contributed by atoms with E-state index >= 15 is 0 Å². The molecule has 0 radical (unpaired) electrons. The second-order valence-corrected chi connectivity index (χ2v) is 6.84. The first-order chi connectivity index (χ1) is 12.4. The number of carbonyl (C=O) groups excluding carboxylic acids is 1. The van der Waals surface area contributed by atoms with Gasteiger partial charge in [-0.1, -0.05) is 29.4 Å². The highest BCUT2D eigenvalue weighted by Gasteiger charge is 2.20. The smallest absolute Gasteiger partial charge is 0.326 e. The predicted molar refractivity (Wildman–Crippen MR) is 100 cm³/mol. The van der Waals surface area contributed by atoms with Crippen LogP contribution in [0.3, 0.4) is 0 Å². The van der Waals surface area contributed by atoms with Gasteiger partial charge in [-0.25, -0.2) is 9.78 Å². The molecule has 1 aromatic carbocycles. The standard InChI is InChI=1S/C17H20ClN3O4S/c1-11-12(18)4-3-5-14(11)21-8-7-19-17(21)26-10-15(22)20-13(16(23)24)6-9-25-2/h3-5,7-8,13H,6,9-10H2,1-2H3,(H,20,22)(H,23,24). The zero-order valence-corrected chi connectivity index (χ0v) is 16.0. The first-order valence-electron chi connectivity index (χ1n) is 7.86. The normalized spacial score (nSPS) is 12.0. The predicted octanol–water partition coefficient (Wildman–Crippen LogP) is 2.53. The van der Waals surface area contributed by atoms with Crippen LogP contribution < -0.4 is 5.32 Å². The number of benzene rings is 1. The monoisotopic (exact) mass is 397 g/mol. The fourth-order valence-electron chi connectivity index (χ4n) is 2.30. The Labute approximate surface area is 160 Å². The summed E-state index contributed by atoms with van der Waals surface area (Å²) in [7, 11) is 1.48. The summed E-state index contributed by atoms with van der Waals surface area (Å²) >= 11 is 7.39. The number of halogens is 1. The molecule has 0 fully saturated rings. The first-order valence-corrected chi connectivity index (χ1v) is 9.23. The van der Waals surface area contributed by atoms with Crippen LogP contribution in [-0.2, 0) is 14.3 Å². The van der Waals surface area contributed by atoms with Crippen LogP contribution >= 0.6 is 23.4 Å². The van der Waals surface area contributed by atoms with E-state index in [2.05, 4.69) is 10.3 Å². The number of carboxylic acids is 1. The van der Waals surface area contributed by atoms with Crippen molar-refractivity contribution in [2.75, 3.05) is 19.5 Å². The van der Waals surface area contributed by atoms with Gasteiger partial charge in [-0.15, -0.1) is 0 Å². The third-order valence-electron chi connectivity index (χ3n) is 3.68. The van der Waals surface area contributed by atoms with E-state index in [0.717, 1.165) is 11.3 Å². The van der Waals surface area contributed by atoms with Crippen molar-refractivity contribution in [1.82, 2.24) is 14.9 Å². The lowest BCUT2D eigenvalue weighted by molar-refractivity contribution is -0.142. The molecule has 0 aliphatic rings. The highest BCUT2D eigenvalue weighted by molar-refractivity contribution is 7.99. The number of nitrogens with one attached hydrogen (secondary N) is 1. The lowest BCUT2D eigenvalue weighted by Gasteiger charge is -2.14. The zero-order chi connectivity index (χ0) is 19.1. The summed E-state index contributed by atoms with van der Waals surface area (Å²) in [4.78, 5) is 27.5. The molecule has 2 N–H and O–H groups in total. The highest BCUT2D eigenvalue weighted by Crippen LogP contribution is 2.26. The fourth-order valence-corrected chi connectivity index (χ4v) is 3.24. The SMILES string of the molecule is COCCC(NC(=O)CSc1nccn1-c1cccc(Cl)c1C)C(=O)O. The molecule has 140 valence electrons. The molecule has 7 nitrogen and oxygen atoms in total. The molecule has 1 amide bonds. The molecule has 26 heavy (non-hydrogen) atoms. The maximum Gasteiger partial charge on any atom is 0.326 e. The summed E-state index contributed by atoms with van der Waals surface area (Å²) in [5, 5.41) is 12.9. The van der Waals surface area contributed by atoms with Crippen LogP contribution in [0, 0.1) is 6.92 Å². The number of rotatable bonds is 9. The molecule has 0 bridgehead atoms. The molecule has 1 aromatic heterocycles. The summed E-state index contributed by atoms with van der Waals surface area (Å²) < 4.78 is 6.71. The molecule has 0 saturated heterocycles. The summed E-state index contributed by atoms with van der Waals surface area (Å²) in [5.41, 5.74) is 1.78. The molecular weight excluding hydrogens is 378 g/mol. The average Bonchev–Trinajstić information content (AvgIpc) is 3.07. The number of carboxylic acid groups (broad SMARTS) is 1. The molecule has 0 aliphatic heterocycles. The third kappa shape index (κ3) is 5.23. The fraction of sp³-hybridized carbons (Fsp3) is 0.353. The largest absolute Gasteiger partial charge is 0.480 e. The Morgan fingerprint density at radius 3 is 2.92 bits per heavy atom. The van der Waals surface area contributed by atoms with E-state index in [-0.39, 0.29) is 24.7 Å². The van der Waals surface area contributed by atoms with E-state index in [1.807, 2.05) is 29.7 Å². The number of carbonyl (C=O) groups is 2. The minimum absolute atomic E-state index is 0.0490. The van der Waals surface area contributed by atoms with Crippen LogP contribution in [0.15, 0.2) is 35.7 Å². The minimum atomic E-state index is -1.09. The Hall–Kier alpha value is -2.03. The van der Waals surface area contributed by atoms with Crippen LogP contribution in [0.1, 0.15) is 12.0 Å². The Morgan fingerprint density at radius 2 is 2.23 bits per heavy atom. The number of hydrogen-bond donors (Lipinski definition) is 2. The second kappa shape index (κ2) is 9.61. The zero-order valence-electron chi connectivity index (χ0n) is 14.4. The molecular formula is C17H20ClN3O4S. The van der Waals surface area contributed by atoms with Gasteiger partial charge >= 0.3 is 5.97 Å². The second-order valence-electron chi connectivity index (χ2n) is 5.49. The van der Waals surface area contributed by atoms with Crippen molar-refractivity contribution in [3.8, 4) is 5.69 Å². The van der Waals surface area contributed by atoms with Gasteiger partial charge in [0.25, 0.3) is 0 Å². The van der Waals surface area contributed by atoms with Crippen LogP contribution in [0.5, 0.6) is 0 Å². The summed E-state index contributed by atoms with van der Waals surface area (Å²) in [6.45, 7) is 2.16. The van der Waals surface area contributed by atoms with E-state index in [1.54, 1.807) is 12.4 Å². The van der Waals surface area contributed by atoms with Crippen LogP contribution in [0.25, 0.3) is 5.69 Å². The first kappa shape index (κ1) is 20.3. The number of hydrogen-bond acceptors (Lipinski definition) is 5. The molecule has 2 aromatic rings. The number of aromatic nitrogens is 2. The van der Waals surface area contributed by atoms with E-state index in [1.165, 1.54) is 18.9 Å². The molecule has 0 saturated carbocycles. The number of amides is 1. The van der Waals surface area contributed by atoms with Gasteiger partial charge in [-0.2, -0.15) is 0 Å². The van der Waals surface area contributed by atoms with Crippen molar-refractivity contribution in [1.29, 1.82) is 0 Å². The van der Waals surface area contributed by atoms with Crippen molar-refractivity contribution < 1.29 is 19.4 Å². The molecule has 0 aliphatic carbocycles. The maximum atomic E-state index is 12.1. The average molecular weight is 398 g/mol. The number of ether oxygens (including phenoxy) is 1. The van der Waals surface area contributed by atoms with Gasteiger partial charge in [0.2, 0.25) is 5.91 Å². The lowest BCUT2D eigenvalue weighted by Crippen LogP contribution is -2.42. The Kier molecular flexibility index (Phi) is 7.50. The van der Waals surface area contributed by atoms with Gasteiger partial charge in [0.15, 0.2) is 5.16 Å². The van der Waals surface area contributed by atoms with Crippen molar-refractivity contribution in [2.45, 2.75) is 24.5 Å². The number of nitrogens with zero attached hydrogens (tertiary/aromatic N) is 2. The van der Waals surface area contributed by atoms with Crippen molar-refractivity contribution in [3.63, 3.8) is 0 Å². The van der Waals surface area contributed by atoms with Gasteiger partial charge in [0.05, 0.1) is 11.4 Å². The van der Waals surface area contributed by atoms with Gasteiger partial charge in [0.1, 0.15) is 6.04 Å². The number of thioether (sulfide) groups is 1. The number of aliphatic carboxylic acids is 1. The number of imidazole rings is 1. The number of methoxy groups -OCH3 is 1. The summed E-state index contributed by atoms with van der Waals surface area (Å²) in [6.07, 6.45) is 3.63. The lowest BCUT2D eigenvalue weighted by atomic mass is 10.2. The molecule has 9 heteroatoms. The van der Waals surface area contributed by atoms with Crippen LogP contribution in [-0.4, -0.2) is 52.0 Å². The van der Waals surface area contributed by atoms with Gasteiger partial charge in [-0.3, -0.25) is 9.36 Å². The third-order valence-corrected chi connectivity index (χ3v) is 5.06. The summed E-state index contributed by atoms with van der Waals surface area (Å²) in [5.74, 6) is -1.42. The Bertz CT molecular complexity index is 781. The highest BCUT2D eigenvalue weighted by atomic mass is 35.5. The molecule has 1 unspecified atom stereocenters. The van der Waals surface area contributed by atoms with E-state index in [9.17, 15) is 9.59 Å². The van der Waals surface area contributed by atoms with E-state index in [4.69, 9.17) is 21.4 Å². The summed E-state index contributed by atoms with van der Waals surface area (Å²) in [6, 6.07) is 4.60. The van der Waals surface area contributed by atoms with Gasteiger partial charge in [0, 0.05) is 37.6 Å². The maximum absolute atomic E-state index is 12.1. The minimum Gasteiger partial charge on any atom is -0.480 e.